The summed E-state index contributed by atoms with van der Waals surface area (Å²) in [6.45, 7) is 1.84. The third kappa shape index (κ3) is 3.83. The van der Waals surface area contributed by atoms with Gasteiger partial charge >= 0.3 is 0 Å². The summed E-state index contributed by atoms with van der Waals surface area (Å²) in [5, 5.41) is 7.69. The topological polar surface area (TPSA) is 92.6 Å². The van der Waals surface area contributed by atoms with Crippen molar-refractivity contribution < 1.29 is 9.21 Å². The average Bonchev–Trinajstić information content (AvgIpc) is 2.91. The fourth-order valence-electron chi connectivity index (χ4n) is 2.87. The smallest absolute Gasteiger partial charge is 0.291 e. The van der Waals surface area contributed by atoms with Crippen LogP contribution in [0.4, 0.5) is 5.69 Å². The second-order valence-corrected chi connectivity index (χ2v) is 6.58. The Morgan fingerprint density at radius 3 is 2.92 bits per heavy atom. The highest BCUT2D eigenvalue weighted by molar-refractivity contribution is 7.80. The highest BCUT2D eigenvalue weighted by atomic mass is 35.5. The molecule has 2 aromatic rings. The Morgan fingerprint density at radius 1 is 1.40 bits per heavy atom. The number of nitrogens with two attached hydrogens (primary N) is 1. The lowest BCUT2D eigenvalue weighted by Crippen LogP contribution is -2.26. The van der Waals surface area contributed by atoms with Gasteiger partial charge in [-0.2, -0.15) is 5.10 Å². The maximum atomic E-state index is 12.6. The van der Waals surface area contributed by atoms with Gasteiger partial charge in [0, 0.05) is 28.3 Å². The number of nitrogens with zero attached hydrogens (tertiary/aromatic N) is 1. The van der Waals surface area contributed by atoms with E-state index in [1.807, 2.05) is 6.92 Å². The van der Waals surface area contributed by atoms with Gasteiger partial charge < -0.3 is 15.5 Å². The van der Waals surface area contributed by atoms with Crippen molar-refractivity contribution >= 4 is 46.2 Å². The van der Waals surface area contributed by atoms with Crippen molar-refractivity contribution in [2.45, 2.75) is 26.2 Å². The lowest BCUT2D eigenvalue weighted by Gasteiger charge is -2.13. The molecule has 1 aromatic heterocycles. The lowest BCUT2D eigenvalue weighted by atomic mass is 9.93. The number of anilines is 1. The fraction of sp³-hybridized carbons (Fsp3) is 0.235. The second-order valence-electron chi connectivity index (χ2n) is 5.71. The number of hydrogen-bond donors (Lipinski definition) is 3. The Labute approximate surface area is 155 Å². The van der Waals surface area contributed by atoms with Crippen LogP contribution in [0.5, 0.6) is 0 Å². The number of carbonyl (C=O) groups excluding carboxylic acids is 1. The number of furan rings is 1. The Hall–Kier alpha value is -2.38. The molecular weight excluding hydrogens is 360 g/mol. The molecule has 0 unspecified atom stereocenters. The summed E-state index contributed by atoms with van der Waals surface area (Å²) in [5.74, 6) is 0.703. The number of halogens is 1. The zero-order valence-corrected chi connectivity index (χ0v) is 15.1. The molecule has 0 saturated heterocycles. The van der Waals surface area contributed by atoms with Crippen LogP contribution in [0.1, 0.15) is 40.3 Å². The summed E-state index contributed by atoms with van der Waals surface area (Å²) in [4.78, 5) is 12.6. The first-order valence-corrected chi connectivity index (χ1v) is 8.56. The summed E-state index contributed by atoms with van der Waals surface area (Å²) >= 11 is 10.7. The van der Waals surface area contributed by atoms with Gasteiger partial charge in [0.15, 0.2) is 10.9 Å². The predicted octanol–water partition coefficient (Wildman–Crippen LogP) is 3.37. The van der Waals surface area contributed by atoms with E-state index in [0.717, 1.165) is 41.9 Å². The Balaban J connectivity index is 1.90. The molecule has 0 atom stereocenters. The van der Waals surface area contributed by atoms with Crippen molar-refractivity contribution in [1.29, 1.82) is 0 Å². The summed E-state index contributed by atoms with van der Waals surface area (Å²) < 4.78 is 5.82. The lowest BCUT2D eigenvalue weighted by molar-refractivity contribution is 0.0994. The monoisotopic (exact) mass is 376 g/mol. The van der Waals surface area contributed by atoms with E-state index in [2.05, 4.69) is 15.8 Å². The predicted molar refractivity (Wildman–Crippen MR) is 102 cm³/mol. The number of nitrogens with one attached hydrogen (secondary N) is 2. The van der Waals surface area contributed by atoms with Crippen LogP contribution in [0.2, 0.25) is 5.02 Å². The molecule has 130 valence electrons. The highest BCUT2D eigenvalue weighted by Gasteiger charge is 2.28. The zero-order valence-electron chi connectivity index (χ0n) is 13.6. The first-order valence-electron chi connectivity index (χ1n) is 7.77. The molecule has 0 radical (unpaired) electrons. The van der Waals surface area contributed by atoms with Crippen molar-refractivity contribution in [2.24, 2.45) is 10.8 Å². The standard InChI is InChI=1S/C17H17ClN4O2S/c1-9-14-12(21-22-17(19)25)6-3-7-13(14)24-15(9)16(23)20-11-5-2-4-10(18)8-11/h2,4-5,8H,3,6-7H2,1H3,(H,20,23)(H3,19,22,25)/b21-12+. The number of thiocarbonyl (C=S) groups is 1. The molecule has 0 aliphatic heterocycles. The third-order valence-corrected chi connectivity index (χ3v) is 4.24. The highest BCUT2D eigenvalue weighted by Crippen LogP contribution is 2.30. The van der Waals surface area contributed by atoms with E-state index in [0.29, 0.717) is 10.7 Å². The van der Waals surface area contributed by atoms with Crippen molar-refractivity contribution in [3.05, 3.63) is 51.9 Å². The quantitative estimate of drug-likeness (QED) is 0.564. The molecule has 1 aromatic carbocycles. The molecule has 0 spiro atoms. The molecule has 3 rings (SSSR count). The molecule has 1 heterocycles. The minimum absolute atomic E-state index is 0.0969. The number of carbonyl (C=O) groups is 1. The molecule has 1 aliphatic rings. The van der Waals surface area contributed by atoms with Crippen LogP contribution in [-0.4, -0.2) is 16.7 Å². The molecular formula is C17H17ClN4O2S. The van der Waals surface area contributed by atoms with E-state index in [-0.39, 0.29) is 16.8 Å². The number of hydrazone groups is 1. The maximum Gasteiger partial charge on any atom is 0.291 e. The first-order chi connectivity index (χ1) is 12.0. The van der Waals surface area contributed by atoms with E-state index in [9.17, 15) is 4.79 Å². The number of benzene rings is 1. The normalized spacial score (nSPS) is 14.9. The maximum absolute atomic E-state index is 12.6. The van der Waals surface area contributed by atoms with Gasteiger partial charge in [-0.15, -0.1) is 0 Å². The van der Waals surface area contributed by atoms with Crippen LogP contribution < -0.4 is 16.5 Å². The van der Waals surface area contributed by atoms with E-state index >= 15 is 0 Å². The molecule has 8 heteroatoms. The Morgan fingerprint density at radius 2 is 2.20 bits per heavy atom. The molecule has 0 fully saturated rings. The number of hydrogen-bond acceptors (Lipinski definition) is 4. The van der Waals surface area contributed by atoms with E-state index in [1.54, 1.807) is 24.3 Å². The van der Waals surface area contributed by atoms with E-state index in [1.165, 1.54) is 0 Å². The molecule has 1 amide bonds. The van der Waals surface area contributed by atoms with Gasteiger partial charge in [-0.05, 0) is 50.2 Å². The summed E-state index contributed by atoms with van der Waals surface area (Å²) in [7, 11) is 0. The van der Waals surface area contributed by atoms with Gasteiger partial charge in [-0.25, -0.2) is 0 Å². The number of rotatable bonds is 3. The molecule has 4 N–H and O–H groups in total. The van der Waals surface area contributed by atoms with Gasteiger partial charge in [-0.3, -0.25) is 10.2 Å². The molecule has 0 saturated carbocycles. The zero-order chi connectivity index (χ0) is 18.0. The van der Waals surface area contributed by atoms with Crippen molar-refractivity contribution in [1.82, 2.24) is 5.43 Å². The van der Waals surface area contributed by atoms with Gasteiger partial charge in [-0.1, -0.05) is 17.7 Å². The largest absolute Gasteiger partial charge is 0.455 e. The second kappa shape index (κ2) is 7.25. The van der Waals surface area contributed by atoms with Crippen LogP contribution in [-0.2, 0) is 6.42 Å². The van der Waals surface area contributed by atoms with Crippen LogP contribution in [0.15, 0.2) is 33.8 Å². The summed E-state index contributed by atoms with van der Waals surface area (Å²) in [6, 6.07) is 6.95. The van der Waals surface area contributed by atoms with Crippen molar-refractivity contribution in [3.8, 4) is 0 Å². The molecule has 6 nitrogen and oxygen atoms in total. The molecule has 25 heavy (non-hydrogen) atoms. The first kappa shape index (κ1) is 17.4. The van der Waals surface area contributed by atoms with Crippen LogP contribution >= 0.6 is 23.8 Å². The number of fused-ring (bicyclic) bond motifs is 1. The Kier molecular flexibility index (Phi) is 5.06. The van der Waals surface area contributed by atoms with Crippen molar-refractivity contribution in [3.63, 3.8) is 0 Å². The van der Waals surface area contributed by atoms with Gasteiger partial charge in [0.2, 0.25) is 0 Å². The summed E-state index contributed by atoms with van der Waals surface area (Å²) in [6.07, 6.45) is 2.40. The van der Waals surface area contributed by atoms with Crippen LogP contribution in [0.3, 0.4) is 0 Å². The van der Waals surface area contributed by atoms with E-state index < -0.39 is 0 Å². The molecule has 1 aliphatic carbocycles. The minimum atomic E-state index is -0.323. The fourth-order valence-corrected chi connectivity index (χ4v) is 3.11. The summed E-state index contributed by atoms with van der Waals surface area (Å²) in [5.41, 5.74) is 11.0. The third-order valence-electron chi connectivity index (χ3n) is 3.92. The van der Waals surface area contributed by atoms with Gasteiger partial charge in [0.05, 0.1) is 5.71 Å². The molecule has 0 bridgehead atoms. The average molecular weight is 377 g/mol. The number of amides is 1. The van der Waals surface area contributed by atoms with Gasteiger partial charge in [0.1, 0.15) is 5.76 Å². The SMILES string of the molecule is Cc1c(C(=O)Nc2cccc(Cl)c2)oc2c1/C(=N/NC(N)=S)CCC2. The van der Waals surface area contributed by atoms with Gasteiger partial charge in [0.25, 0.3) is 5.91 Å². The van der Waals surface area contributed by atoms with E-state index in [4.69, 9.17) is 34.0 Å². The number of aryl methyl sites for hydroxylation is 1. The minimum Gasteiger partial charge on any atom is -0.455 e. The van der Waals surface area contributed by atoms with Crippen LogP contribution in [0, 0.1) is 6.92 Å². The van der Waals surface area contributed by atoms with Crippen molar-refractivity contribution in [2.75, 3.05) is 5.32 Å². The Bertz CT molecular complexity index is 876. The van der Waals surface area contributed by atoms with Crippen LogP contribution in [0.25, 0.3) is 0 Å².